The Bertz CT molecular complexity index is 398. The molecule has 5 nitrogen and oxygen atoms in total. The third-order valence-electron chi connectivity index (χ3n) is 2.66. The van der Waals surface area contributed by atoms with Crippen molar-refractivity contribution < 1.29 is 0 Å². The van der Waals surface area contributed by atoms with Crippen molar-refractivity contribution in [3.63, 3.8) is 0 Å². The molecular weight excluding hydrogens is 180 g/mol. The van der Waals surface area contributed by atoms with Gasteiger partial charge in [0.15, 0.2) is 0 Å². The minimum absolute atomic E-state index is 0.113. The standard InChI is InChI=1S/C9H14N4O/c1-2-5-3-6-7(11-4-5)12-9(10)13-8(6)14/h5H,2-4H2,1H3,(H4,10,11,12,13,14). The summed E-state index contributed by atoms with van der Waals surface area (Å²) >= 11 is 0. The van der Waals surface area contributed by atoms with Crippen molar-refractivity contribution in [2.24, 2.45) is 5.92 Å². The van der Waals surface area contributed by atoms with E-state index in [0.29, 0.717) is 11.7 Å². The van der Waals surface area contributed by atoms with Gasteiger partial charge in [0.05, 0.1) is 5.56 Å². The number of nitrogens with zero attached hydrogens (tertiary/aromatic N) is 1. The third-order valence-corrected chi connectivity index (χ3v) is 2.66. The van der Waals surface area contributed by atoms with Crippen LogP contribution in [0.15, 0.2) is 4.79 Å². The Morgan fingerprint density at radius 1 is 1.64 bits per heavy atom. The van der Waals surface area contributed by atoms with Crippen LogP contribution in [0.3, 0.4) is 0 Å². The van der Waals surface area contributed by atoms with E-state index in [9.17, 15) is 4.79 Å². The number of rotatable bonds is 1. The molecule has 14 heavy (non-hydrogen) atoms. The number of aromatic amines is 1. The van der Waals surface area contributed by atoms with Gasteiger partial charge >= 0.3 is 0 Å². The summed E-state index contributed by atoms with van der Waals surface area (Å²) in [5.41, 5.74) is 6.06. The van der Waals surface area contributed by atoms with E-state index in [-0.39, 0.29) is 11.5 Å². The fourth-order valence-corrected chi connectivity index (χ4v) is 1.74. The summed E-state index contributed by atoms with van der Waals surface area (Å²) in [7, 11) is 0. The first-order chi connectivity index (χ1) is 6.70. The van der Waals surface area contributed by atoms with Gasteiger partial charge in [0.25, 0.3) is 5.56 Å². The number of H-pyrrole nitrogens is 1. The van der Waals surface area contributed by atoms with E-state index in [1.165, 1.54) is 0 Å². The summed E-state index contributed by atoms with van der Waals surface area (Å²) in [6.45, 7) is 3.00. The average Bonchev–Trinajstić information content (AvgIpc) is 2.17. The highest BCUT2D eigenvalue weighted by Gasteiger charge is 2.20. The molecule has 0 saturated carbocycles. The molecule has 1 aromatic rings. The number of hydrogen-bond donors (Lipinski definition) is 3. The van der Waals surface area contributed by atoms with Crippen LogP contribution in [0.5, 0.6) is 0 Å². The number of nitrogens with two attached hydrogens (primary N) is 1. The van der Waals surface area contributed by atoms with Crippen LogP contribution in [0.4, 0.5) is 11.8 Å². The SMILES string of the molecule is CCC1CNc2nc(N)[nH]c(=O)c2C1. The molecule has 1 unspecified atom stereocenters. The van der Waals surface area contributed by atoms with Crippen molar-refractivity contribution in [1.82, 2.24) is 9.97 Å². The van der Waals surface area contributed by atoms with Gasteiger partial charge in [-0.3, -0.25) is 9.78 Å². The molecule has 2 rings (SSSR count). The first kappa shape index (κ1) is 9.05. The van der Waals surface area contributed by atoms with Crippen LogP contribution >= 0.6 is 0 Å². The summed E-state index contributed by atoms with van der Waals surface area (Å²) in [6.07, 6.45) is 1.86. The number of nitrogen functional groups attached to an aromatic ring is 1. The van der Waals surface area contributed by atoms with Gasteiger partial charge in [-0.25, -0.2) is 0 Å². The predicted molar refractivity (Wildman–Crippen MR) is 55.2 cm³/mol. The molecule has 0 aromatic carbocycles. The van der Waals surface area contributed by atoms with Crippen LogP contribution in [0.25, 0.3) is 0 Å². The van der Waals surface area contributed by atoms with E-state index >= 15 is 0 Å². The van der Waals surface area contributed by atoms with Crippen LogP contribution in [0.1, 0.15) is 18.9 Å². The zero-order valence-electron chi connectivity index (χ0n) is 8.13. The fraction of sp³-hybridized carbons (Fsp3) is 0.556. The molecule has 0 saturated heterocycles. The Kier molecular flexibility index (Phi) is 2.15. The Balaban J connectivity index is 2.42. The third kappa shape index (κ3) is 1.45. The summed E-state index contributed by atoms with van der Waals surface area (Å²) < 4.78 is 0. The molecule has 2 heterocycles. The summed E-state index contributed by atoms with van der Waals surface area (Å²) in [4.78, 5) is 18.1. The second-order valence-corrected chi connectivity index (χ2v) is 3.64. The van der Waals surface area contributed by atoms with Gasteiger partial charge in [-0.2, -0.15) is 4.98 Å². The van der Waals surface area contributed by atoms with Crippen molar-refractivity contribution in [2.45, 2.75) is 19.8 Å². The van der Waals surface area contributed by atoms with E-state index < -0.39 is 0 Å². The lowest BCUT2D eigenvalue weighted by atomic mass is 9.95. The molecule has 4 N–H and O–H groups in total. The quantitative estimate of drug-likeness (QED) is 0.602. The van der Waals surface area contributed by atoms with Crippen molar-refractivity contribution in [1.29, 1.82) is 0 Å². The highest BCUT2D eigenvalue weighted by atomic mass is 16.1. The lowest BCUT2D eigenvalue weighted by Crippen LogP contribution is -2.30. The molecule has 0 bridgehead atoms. The molecule has 76 valence electrons. The topological polar surface area (TPSA) is 83.8 Å². The van der Waals surface area contributed by atoms with E-state index in [0.717, 1.165) is 24.9 Å². The highest BCUT2D eigenvalue weighted by molar-refractivity contribution is 5.48. The lowest BCUT2D eigenvalue weighted by Gasteiger charge is -2.23. The molecule has 1 aromatic heterocycles. The molecule has 1 aliphatic heterocycles. The first-order valence-electron chi connectivity index (χ1n) is 4.83. The second kappa shape index (κ2) is 3.32. The summed E-state index contributed by atoms with van der Waals surface area (Å²) in [6, 6.07) is 0. The summed E-state index contributed by atoms with van der Waals surface area (Å²) in [5.74, 6) is 1.35. The molecule has 0 amide bonds. The second-order valence-electron chi connectivity index (χ2n) is 3.64. The minimum Gasteiger partial charge on any atom is -0.369 e. The number of fused-ring (bicyclic) bond motifs is 1. The molecule has 5 heteroatoms. The van der Waals surface area contributed by atoms with Gasteiger partial charge in [0.1, 0.15) is 5.82 Å². The van der Waals surface area contributed by atoms with Gasteiger partial charge in [-0.1, -0.05) is 13.3 Å². The van der Waals surface area contributed by atoms with Gasteiger partial charge in [-0.05, 0) is 12.3 Å². The van der Waals surface area contributed by atoms with E-state index in [2.05, 4.69) is 22.2 Å². The monoisotopic (exact) mass is 194 g/mol. The maximum atomic E-state index is 11.5. The van der Waals surface area contributed by atoms with Gasteiger partial charge in [-0.15, -0.1) is 0 Å². The van der Waals surface area contributed by atoms with Crippen molar-refractivity contribution in [3.8, 4) is 0 Å². The average molecular weight is 194 g/mol. The lowest BCUT2D eigenvalue weighted by molar-refractivity contribution is 0.515. The van der Waals surface area contributed by atoms with Crippen molar-refractivity contribution in [2.75, 3.05) is 17.6 Å². The summed E-state index contributed by atoms with van der Waals surface area (Å²) in [5, 5.41) is 3.13. The first-order valence-corrected chi connectivity index (χ1v) is 4.83. The van der Waals surface area contributed by atoms with Crippen LogP contribution in [0, 0.1) is 5.92 Å². The maximum Gasteiger partial charge on any atom is 0.257 e. The molecule has 0 radical (unpaired) electrons. The zero-order chi connectivity index (χ0) is 10.1. The number of anilines is 2. The van der Waals surface area contributed by atoms with Gasteiger partial charge in [0, 0.05) is 6.54 Å². The molecule has 0 fully saturated rings. The Labute approximate surface area is 81.7 Å². The van der Waals surface area contributed by atoms with Crippen LogP contribution < -0.4 is 16.6 Å². The van der Waals surface area contributed by atoms with E-state index in [4.69, 9.17) is 5.73 Å². The largest absolute Gasteiger partial charge is 0.369 e. The van der Waals surface area contributed by atoms with Crippen LogP contribution in [0.2, 0.25) is 0 Å². The van der Waals surface area contributed by atoms with Crippen LogP contribution in [-0.2, 0) is 6.42 Å². The molecule has 1 atom stereocenters. The van der Waals surface area contributed by atoms with Gasteiger partial charge in [0.2, 0.25) is 5.95 Å². The van der Waals surface area contributed by atoms with Gasteiger partial charge < -0.3 is 11.1 Å². The molecule has 1 aliphatic rings. The van der Waals surface area contributed by atoms with Crippen molar-refractivity contribution in [3.05, 3.63) is 15.9 Å². The van der Waals surface area contributed by atoms with E-state index in [1.54, 1.807) is 0 Å². The maximum absolute atomic E-state index is 11.5. The molecular formula is C9H14N4O. The smallest absolute Gasteiger partial charge is 0.257 e. The fourth-order valence-electron chi connectivity index (χ4n) is 1.74. The van der Waals surface area contributed by atoms with Crippen molar-refractivity contribution >= 4 is 11.8 Å². The minimum atomic E-state index is -0.113. The van der Waals surface area contributed by atoms with E-state index in [1.807, 2.05) is 0 Å². The Morgan fingerprint density at radius 3 is 3.14 bits per heavy atom. The highest BCUT2D eigenvalue weighted by Crippen LogP contribution is 2.21. The Hall–Kier alpha value is -1.52. The number of nitrogens with one attached hydrogen (secondary N) is 2. The zero-order valence-corrected chi connectivity index (χ0v) is 8.13. The Morgan fingerprint density at radius 2 is 2.43 bits per heavy atom. The number of hydrogen-bond acceptors (Lipinski definition) is 4. The molecule has 0 aliphatic carbocycles. The van der Waals surface area contributed by atoms with Crippen LogP contribution in [-0.4, -0.2) is 16.5 Å². The normalized spacial score (nSPS) is 19.9. The predicted octanol–water partition coefficient (Wildman–Crippen LogP) is 0.346. The number of aromatic nitrogens is 2. The molecule has 0 spiro atoms.